The zero-order valence-electron chi connectivity index (χ0n) is 14.7. The molecule has 2 amide bonds. The van der Waals surface area contributed by atoms with E-state index in [1.54, 1.807) is 36.5 Å². The maximum absolute atomic E-state index is 13.4. The van der Waals surface area contributed by atoms with Crippen molar-refractivity contribution in [2.75, 3.05) is 15.5 Å². The molecule has 3 rings (SSSR count). The van der Waals surface area contributed by atoms with Crippen LogP contribution in [0, 0.1) is 6.92 Å². The van der Waals surface area contributed by atoms with E-state index in [2.05, 4.69) is 25.6 Å². The van der Waals surface area contributed by atoms with Gasteiger partial charge in [-0.2, -0.15) is 0 Å². The van der Waals surface area contributed by atoms with E-state index in [9.17, 15) is 9.36 Å². The summed E-state index contributed by atoms with van der Waals surface area (Å²) in [5.41, 5.74) is 2.19. The largest absolute Gasteiger partial charge is 0.356 e. The van der Waals surface area contributed by atoms with Crippen LogP contribution in [0.1, 0.15) is 5.56 Å². The number of aryl methyl sites for hydroxylation is 1. The SMILES string of the molecule is Cc1ccc(NC(=O)NP(=O)(Nc2ccccc2)Nc2ccccc2)nc1. The van der Waals surface area contributed by atoms with Crippen molar-refractivity contribution in [1.82, 2.24) is 10.1 Å². The second kappa shape index (κ2) is 8.38. The number of rotatable bonds is 6. The molecule has 0 radical (unpaired) electrons. The first kappa shape index (κ1) is 18.5. The van der Waals surface area contributed by atoms with Gasteiger partial charge < -0.3 is 10.2 Å². The summed E-state index contributed by atoms with van der Waals surface area (Å²) in [6.45, 7) is 1.90. The van der Waals surface area contributed by atoms with Gasteiger partial charge in [-0.25, -0.2) is 9.78 Å². The lowest BCUT2D eigenvalue weighted by Gasteiger charge is -2.23. The number of hydrogen-bond acceptors (Lipinski definition) is 3. The number of pyridine rings is 1. The Morgan fingerprint density at radius 3 is 1.89 bits per heavy atom. The molecule has 0 saturated carbocycles. The quantitative estimate of drug-likeness (QED) is 0.458. The van der Waals surface area contributed by atoms with Crippen molar-refractivity contribution < 1.29 is 9.36 Å². The lowest BCUT2D eigenvalue weighted by Crippen LogP contribution is -2.31. The molecular formula is C19H20N5O2P. The number of anilines is 3. The van der Waals surface area contributed by atoms with Crippen LogP contribution < -0.4 is 20.6 Å². The van der Waals surface area contributed by atoms with E-state index in [0.29, 0.717) is 17.2 Å². The van der Waals surface area contributed by atoms with Crippen molar-refractivity contribution in [3.8, 4) is 0 Å². The number of nitrogens with zero attached hydrogens (tertiary/aromatic N) is 1. The zero-order valence-corrected chi connectivity index (χ0v) is 15.6. The smallest absolute Gasteiger partial charge is 0.304 e. The minimum absolute atomic E-state index is 0.365. The summed E-state index contributed by atoms with van der Waals surface area (Å²) >= 11 is 0. The molecule has 3 aromatic rings. The summed E-state index contributed by atoms with van der Waals surface area (Å²) < 4.78 is 13.4. The number of amides is 2. The van der Waals surface area contributed by atoms with Gasteiger partial charge in [-0.3, -0.25) is 15.0 Å². The van der Waals surface area contributed by atoms with Crippen molar-refractivity contribution >= 4 is 30.8 Å². The van der Waals surface area contributed by atoms with Crippen LogP contribution in [0.25, 0.3) is 0 Å². The average molecular weight is 381 g/mol. The molecule has 0 bridgehead atoms. The van der Waals surface area contributed by atoms with Crippen molar-refractivity contribution in [1.29, 1.82) is 0 Å². The molecule has 27 heavy (non-hydrogen) atoms. The third-order valence-electron chi connectivity index (χ3n) is 3.53. The molecule has 2 aromatic carbocycles. The first-order chi connectivity index (χ1) is 13.0. The van der Waals surface area contributed by atoms with Gasteiger partial charge in [0, 0.05) is 17.6 Å². The van der Waals surface area contributed by atoms with Crippen LogP contribution >= 0.6 is 7.59 Å². The maximum atomic E-state index is 13.4. The molecule has 0 atom stereocenters. The number of carbonyl (C=O) groups excluding carboxylic acids is 1. The second-order valence-corrected chi connectivity index (χ2v) is 7.74. The van der Waals surface area contributed by atoms with E-state index in [-0.39, 0.29) is 0 Å². The minimum Gasteiger partial charge on any atom is -0.304 e. The maximum Gasteiger partial charge on any atom is 0.356 e. The van der Waals surface area contributed by atoms with E-state index in [0.717, 1.165) is 5.56 Å². The molecule has 1 heterocycles. The first-order valence-corrected chi connectivity index (χ1v) is 10.0. The summed E-state index contributed by atoms with van der Waals surface area (Å²) in [5, 5.41) is 10.8. The number of urea groups is 1. The standard InChI is InChI=1S/C19H20N5O2P/c1-15-12-13-18(20-14-15)21-19(25)24-27(26,22-16-8-4-2-5-9-16)23-17-10-6-3-7-11-17/h2-14H,1H3,(H4,20,21,22,23,24,25,26). The molecule has 0 spiro atoms. The van der Waals surface area contributed by atoms with E-state index >= 15 is 0 Å². The molecule has 4 N–H and O–H groups in total. The van der Waals surface area contributed by atoms with Crippen molar-refractivity contribution in [2.45, 2.75) is 6.92 Å². The van der Waals surface area contributed by atoms with Gasteiger partial charge in [-0.1, -0.05) is 42.5 Å². The first-order valence-electron chi connectivity index (χ1n) is 8.31. The van der Waals surface area contributed by atoms with Crippen LogP contribution in [0.15, 0.2) is 79.0 Å². The molecule has 8 heteroatoms. The molecule has 138 valence electrons. The lowest BCUT2D eigenvalue weighted by molar-refractivity contribution is 0.256. The third kappa shape index (κ3) is 5.59. The molecular weight excluding hydrogens is 361 g/mol. The predicted molar refractivity (Wildman–Crippen MR) is 109 cm³/mol. The fourth-order valence-electron chi connectivity index (χ4n) is 2.30. The zero-order chi connectivity index (χ0) is 19.1. The van der Waals surface area contributed by atoms with Crippen LogP contribution in [-0.2, 0) is 4.57 Å². The molecule has 1 aromatic heterocycles. The van der Waals surface area contributed by atoms with Crippen LogP contribution in [0.3, 0.4) is 0 Å². The summed E-state index contributed by atoms with van der Waals surface area (Å²) in [6.07, 6.45) is 1.64. The highest BCUT2D eigenvalue weighted by Crippen LogP contribution is 2.41. The fourth-order valence-corrected chi connectivity index (χ4v) is 3.84. The second-order valence-electron chi connectivity index (χ2n) is 5.85. The number of nitrogens with one attached hydrogen (secondary N) is 4. The Morgan fingerprint density at radius 2 is 1.41 bits per heavy atom. The molecule has 0 fully saturated rings. The topological polar surface area (TPSA) is 95.2 Å². The predicted octanol–water partition coefficient (Wildman–Crippen LogP) is 4.84. The number of carbonyl (C=O) groups is 1. The summed E-state index contributed by atoms with van der Waals surface area (Å²) in [6, 6.07) is 20.9. The van der Waals surface area contributed by atoms with Gasteiger partial charge in [0.15, 0.2) is 0 Å². The number of benzene rings is 2. The Kier molecular flexibility index (Phi) is 5.74. The highest BCUT2D eigenvalue weighted by Gasteiger charge is 2.25. The van der Waals surface area contributed by atoms with Crippen LogP contribution in [0.5, 0.6) is 0 Å². The van der Waals surface area contributed by atoms with Crippen LogP contribution in [0.4, 0.5) is 22.0 Å². The van der Waals surface area contributed by atoms with Gasteiger partial charge in [-0.05, 0) is 42.8 Å². The Hall–Kier alpha value is -3.31. The van der Waals surface area contributed by atoms with Gasteiger partial charge in [0.05, 0.1) is 0 Å². The van der Waals surface area contributed by atoms with E-state index in [1.165, 1.54) is 0 Å². The van der Waals surface area contributed by atoms with E-state index in [4.69, 9.17) is 0 Å². The lowest BCUT2D eigenvalue weighted by atomic mass is 10.3. The van der Waals surface area contributed by atoms with Gasteiger partial charge >= 0.3 is 13.6 Å². The number of hydrogen-bond donors (Lipinski definition) is 4. The molecule has 0 aliphatic heterocycles. The molecule has 0 unspecified atom stereocenters. The molecule has 7 nitrogen and oxygen atoms in total. The third-order valence-corrected chi connectivity index (χ3v) is 5.20. The summed E-state index contributed by atoms with van der Waals surface area (Å²) in [5.74, 6) is 0.365. The van der Waals surface area contributed by atoms with E-state index < -0.39 is 13.6 Å². The molecule has 0 aliphatic carbocycles. The number of aromatic nitrogens is 1. The van der Waals surface area contributed by atoms with Gasteiger partial charge in [0.2, 0.25) is 0 Å². The Morgan fingerprint density at radius 1 is 0.852 bits per heavy atom. The van der Waals surface area contributed by atoms with Gasteiger partial charge in [-0.15, -0.1) is 0 Å². The fraction of sp³-hybridized carbons (Fsp3) is 0.0526. The van der Waals surface area contributed by atoms with E-state index in [1.807, 2.05) is 49.4 Å². The summed E-state index contributed by atoms with van der Waals surface area (Å²) in [4.78, 5) is 16.5. The van der Waals surface area contributed by atoms with Crippen LogP contribution in [-0.4, -0.2) is 11.0 Å². The highest BCUT2D eigenvalue weighted by atomic mass is 31.2. The van der Waals surface area contributed by atoms with Crippen molar-refractivity contribution in [2.24, 2.45) is 0 Å². The van der Waals surface area contributed by atoms with Crippen molar-refractivity contribution in [3.63, 3.8) is 0 Å². The molecule has 0 aliphatic rings. The van der Waals surface area contributed by atoms with Gasteiger partial charge in [0.1, 0.15) is 5.82 Å². The monoisotopic (exact) mass is 381 g/mol. The average Bonchev–Trinajstić information content (AvgIpc) is 2.65. The molecule has 0 saturated heterocycles. The highest BCUT2D eigenvalue weighted by molar-refractivity contribution is 7.65. The Bertz CT molecular complexity index is 888. The van der Waals surface area contributed by atoms with Gasteiger partial charge in [0.25, 0.3) is 0 Å². The number of para-hydroxylation sites is 2. The Balaban J connectivity index is 1.77. The normalized spacial score (nSPS) is 10.7. The Labute approximate surface area is 157 Å². The summed E-state index contributed by atoms with van der Waals surface area (Å²) in [7, 11) is -3.56. The van der Waals surface area contributed by atoms with Crippen molar-refractivity contribution in [3.05, 3.63) is 84.6 Å². The van der Waals surface area contributed by atoms with Crippen LogP contribution in [0.2, 0.25) is 0 Å². The minimum atomic E-state index is -3.56.